The highest BCUT2D eigenvalue weighted by molar-refractivity contribution is 5.68. The predicted molar refractivity (Wildman–Crippen MR) is 77.7 cm³/mol. The summed E-state index contributed by atoms with van der Waals surface area (Å²) in [7, 11) is 0. The van der Waals surface area contributed by atoms with Crippen molar-refractivity contribution in [2.75, 3.05) is 13.2 Å². The van der Waals surface area contributed by atoms with Crippen molar-refractivity contribution in [1.29, 1.82) is 0 Å². The van der Waals surface area contributed by atoms with Gasteiger partial charge in [-0.2, -0.15) is 0 Å². The molecule has 112 valence electrons. The van der Waals surface area contributed by atoms with Crippen molar-refractivity contribution in [3.63, 3.8) is 0 Å². The first-order chi connectivity index (χ1) is 9.46. The standard InChI is InChI=1S/C13H18N2O3.C2H6/c1-13(2,3)18-12(16)15-6-7-17-11-4-5-14-8-10(11)9-15;1-2/h4-5,8H,6-7,9H2,1-3H3;1-2H3. The molecule has 0 unspecified atom stereocenters. The normalized spacial score (nSPS) is 14.2. The van der Waals surface area contributed by atoms with E-state index in [1.165, 1.54) is 0 Å². The lowest BCUT2D eigenvalue weighted by Crippen LogP contribution is -2.37. The number of ether oxygens (including phenoxy) is 2. The molecule has 0 aromatic carbocycles. The van der Waals surface area contributed by atoms with Gasteiger partial charge in [-0.25, -0.2) is 4.79 Å². The van der Waals surface area contributed by atoms with E-state index in [-0.39, 0.29) is 6.09 Å². The first kappa shape index (κ1) is 16.3. The number of pyridine rings is 1. The van der Waals surface area contributed by atoms with E-state index in [4.69, 9.17) is 9.47 Å². The largest absolute Gasteiger partial charge is 0.491 e. The molecule has 1 amide bonds. The fraction of sp³-hybridized carbons (Fsp3) is 0.600. The van der Waals surface area contributed by atoms with Gasteiger partial charge in [-0.1, -0.05) is 13.8 Å². The van der Waals surface area contributed by atoms with Gasteiger partial charge in [0.2, 0.25) is 0 Å². The van der Waals surface area contributed by atoms with Gasteiger partial charge in [-0.15, -0.1) is 0 Å². The second-order valence-electron chi connectivity index (χ2n) is 5.23. The minimum absolute atomic E-state index is 0.317. The van der Waals surface area contributed by atoms with Crippen LogP contribution < -0.4 is 4.74 Å². The summed E-state index contributed by atoms with van der Waals surface area (Å²) < 4.78 is 10.9. The van der Waals surface area contributed by atoms with Gasteiger partial charge < -0.3 is 14.4 Å². The van der Waals surface area contributed by atoms with Crippen LogP contribution in [0.1, 0.15) is 40.2 Å². The van der Waals surface area contributed by atoms with Gasteiger partial charge in [-0.05, 0) is 26.8 Å². The summed E-state index contributed by atoms with van der Waals surface area (Å²) in [4.78, 5) is 17.7. The van der Waals surface area contributed by atoms with E-state index in [1.54, 1.807) is 17.3 Å². The van der Waals surface area contributed by atoms with Crippen LogP contribution in [0.4, 0.5) is 4.79 Å². The summed E-state index contributed by atoms with van der Waals surface area (Å²) in [6.45, 7) is 11.0. The molecule has 0 bridgehead atoms. The second-order valence-corrected chi connectivity index (χ2v) is 5.23. The van der Waals surface area contributed by atoms with E-state index in [1.807, 2.05) is 40.7 Å². The van der Waals surface area contributed by atoms with Crippen molar-refractivity contribution < 1.29 is 14.3 Å². The van der Waals surface area contributed by atoms with Crippen LogP contribution in [0.25, 0.3) is 0 Å². The Morgan fingerprint density at radius 1 is 1.40 bits per heavy atom. The molecule has 0 aliphatic carbocycles. The van der Waals surface area contributed by atoms with Crippen LogP contribution in [0.15, 0.2) is 18.5 Å². The van der Waals surface area contributed by atoms with Crippen LogP contribution in [0.3, 0.4) is 0 Å². The third-order valence-corrected chi connectivity index (χ3v) is 2.49. The highest BCUT2D eigenvalue weighted by Gasteiger charge is 2.24. The minimum atomic E-state index is -0.484. The third-order valence-electron chi connectivity index (χ3n) is 2.49. The molecule has 2 rings (SSSR count). The number of hydrogen-bond acceptors (Lipinski definition) is 4. The zero-order valence-corrected chi connectivity index (χ0v) is 13.0. The zero-order valence-electron chi connectivity index (χ0n) is 13.0. The van der Waals surface area contributed by atoms with E-state index >= 15 is 0 Å². The van der Waals surface area contributed by atoms with Crippen molar-refractivity contribution in [3.05, 3.63) is 24.0 Å². The molecule has 1 aromatic rings. The van der Waals surface area contributed by atoms with Crippen LogP contribution in [-0.4, -0.2) is 34.7 Å². The number of aromatic nitrogens is 1. The lowest BCUT2D eigenvalue weighted by atomic mass is 10.2. The molecule has 1 aliphatic rings. The Morgan fingerprint density at radius 2 is 2.10 bits per heavy atom. The lowest BCUT2D eigenvalue weighted by molar-refractivity contribution is 0.0225. The summed E-state index contributed by atoms with van der Waals surface area (Å²) in [6.07, 6.45) is 3.09. The van der Waals surface area contributed by atoms with E-state index < -0.39 is 5.60 Å². The van der Waals surface area contributed by atoms with E-state index in [9.17, 15) is 4.79 Å². The highest BCUT2D eigenvalue weighted by Crippen LogP contribution is 2.22. The summed E-state index contributed by atoms with van der Waals surface area (Å²) in [5, 5.41) is 0. The highest BCUT2D eigenvalue weighted by atomic mass is 16.6. The van der Waals surface area contributed by atoms with Crippen molar-refractivity contribution in [1.82, 2.24) is 9.88 Å². The number of fused-ring (bicyclic) bond motifs is 1. The van der Waals surface area contributed by atoms with E-state index in [2.05, 4.69) is 4.98 Å². The van der Waals surface area contributed by atoms with Gasteiger partial charge in [0, 0.05) is 18.0 Å². The molecule has 0 spiro atoms. The van der Waals surface area contributed by atoms with Crippen molar-refractivity contribution in [3.8, 4) is 5.75 Å². The molecule has 5 nitrogen and oxygen atoms in total. The van der Waals surface area contributed by atoms with Crippen LogP contribution >= 0.6 is 0 Å². The van der Waals surface area contributed by atoms with Gasteiger partial charge in [-0.3, -0.25) is 4.98 Å². The topological polar surface area (TPSA) is 51.7 Å². The van der Waals surface area contributed by atoms with Gasteiger partial charge in [0.05, 0.1) is 13.1 Å². The molecule has 0 atom stereocenters. The molecule has 1 aliphatic heterocycles. The quantitative estimate of drug-likeness (QED) is 0.732. The molecular formula is C15H24N2O3. The molecule has 0 radical (unpaired) electrons. The Labute approximate surface area is 120 Å². The maximum Gasteiger partial charge on any atom is 0.410 e. The Hall–Kier alpha value is -1.78. The fourth-order valence-corrected chi connectivity index (χ4v) is 1.71. The first-order valence-electron chi connectivity index (χ1n) is 6.99. The first-order valence-corrected chi connectivity index (χ1v) is 6.99. The van der Waals surface area contributed by atoms with Crippen LogP contribution in [-0.2, 0) is 11.3 Å². The molecule has 1 aromatic heterocycles. The third kappa shape index (κ3) is 4.72. The summed E-state index contributed by atoms with van der Waals surface area (Å²) in [5.74, 6) is 0.788. The number of carbonyl (C=O) groups excluding carboxylic acids is 1. The van der Waals surface area contributed by atoms with Crippen molar-refractivity contribution in [2.45, 2.75) is 46.8 Å². The van der Waals surface area contributed by atoms with Gasteiger partial charge in [0.25, 0.3) is 0 Å². The molecule has 0 saturated heterocycles. The molecule has 0 fully saturated rings. The van der Waals surface area contributed by atoms with Crippen LogP contribution in [0, 0.1) is 0 Å². The minimum Gasteiger partial charge on any atom is -0.491 e. The van der Waals surface area contributed by atoms with Crippen molar-refractivity contribution >= 4 is 6.09 Å². The number of carbonyl (C=O) groups is 1. The molecule has 2 heterocycles. The Kier molecular flexibility index (Phi) is 5.80. The lowest BCUT2D eigenvalue weighted by Gasteiger charge is -2.25. The predicted octanol–water partition coefficient (Wildman–Crippen LogP) is 3.24. The molecule has 0 N–H and O–H groups in total. The molecular weight excluding hydrogens is 256 g/mol. The van der Waals surface area contributed by atoms with Crippen LogP contribution in [0.5, 0.6) is 5.75 Å². The smallest absolute Gasteiger partial charge is 0.410 e. The number of amides is 1. The second kappa shape index (κ2) is 7.12. The zero-order chi connectivity index (χ0) is 15.2. The fourth-order valence-electron chi connectivity index (χ4n) is 1.71. The van der Waals surface area contributed by atoms with Gasteiger partial charge >= 0.3 is 6.09 Å². The average molecular weight is 280 g/mol. The van der Waals surface area contributed by atoms with Gasteiger partial charge in [0.15, 0.2) is 0 Å². The van der Waals surface area contributed by atoms with Crippen LogP contribution in [0.2, 0.25) is 0 Å². The molecule has 5 heteroatoms. The SMILES string of the molecule is CC.CC(C)(C)OC(=O)N1CCOc2ccncc2C1. The summed E-state index contributed by atoms with van der Waals surface area (Å²) in [5.41, 5.74) is 0.419. The molecule has 20 heavy (non-hydrogen) atoms. The summed E-state index contributed by atoms with van der Waals surface area (Å²) >= 11 is 0. The average Bonchev–Trinajstić information content (AvgIpc) is 2.61. The monoisotopic (exact) mass is 280 g/mol. The maximum absolute atomic E-state index is 12.0. The Bertz CT molecular complexity index is 441. The number of nitrogens with zero attached hydrogens (tertiary/aromatic N) is 2. The van der Waals surface area contributed by atoms with Gasteiger partial charge in [0.1, 0.15) is 18.0 Å². The number of hydrogen-bond donors (Lipinski definition) is 0. The molecule has 0 saturated carbocycles. The number of rotatable bonds is 0. The Morgan fingerprint density at radius 3 is 2.75 bits per heavy atom. The maximum atomic E-state index is 12.0. The van der Waals surface area contributed by atoms with E-state index in [0.29, 0.717) is 19.7 Å². The van der Waals surface area contributed by atoms with E-state index in [0.717, 1.165) is 11.3 Å². The Balaban J connectivity index is 0.000000956. The van der Waals surface area contributed by atoms with Crippen molar-refractivity contribution in [2.24, 2.45) is 0 Å². The summed E-state index contributed by atoms with van der Waals surface area (Å²) in [6, 6.07) is 1.81.